The smallest absolute Gasteiger partial charge is 0.362 e. The highest BCUT2D eigenvalue weighted by Crippen LogP contribution is 2.41. The van der Waals surface area contributed by atoms with Crippen LogP contribution in [0, 0.1) is 0 Å². The number of nitrogens with zero attached hydrogens (tertiary/aromatic N) is 7. The Balaban J connectivity index is 1.16. The van der Waals surface area contributed by atoms with Gasteiger partial charge in [0.05, 0.1) is 27.8 Å². The topological polar surface area (TPSA) is 154 Å². The number of hydrogen-bond donors (Lipinski definition) is 2. The molecule has 4 aromatic rings. The van der Waals surface area contributed by atoms with Crippen LogP contribution in [0.1, 0.15) is 52.5 Å². The number of nitrogens with one attached hydrogen (secondary N) is 2. The van der Waals surface area contributed by atoms with E-state index in [0.29, 0.717) is 48.3 Å². The lowest BCUT2D eigenvalue weighted by Gasteiger charge is -2.37. The number of para-hydroxylation sites is 1. The SMILES string of the molecule is CCc1c(N2CCN(C(=O)c3ccccc3NS(=O)(=O)C3CC3)CC2)c(=O)n2nc(N(C)C)nc2n1CC(=O)Nc1ccc(C(F)(F)F)c2c1CC2. The number of alkyl halides is 3. The van der Waals surface area contributed by atoms with Crippen molar-refractivity contribution in [1.82, 2.24) is 24.1 Å². The summed E-state index contributed by atoms with van der Waals surface area (Å²) in [5.41, 5.74) is 1.04. The molecule has 1 aliphatic heterocycles. The van der Waals surface area contributed by atoms with Crippen molar-refractivity contribution in [3.05, 3.63) is 74.7 Å². The molecule has 2 aliphatic carbocycles. The Hall–Kier alpha value is -5.13. The first-order valence-electron chi connectivity index (χ1n) is 17.0. The van der Waals surface area contributed by atoms with Crippen molar-refractivity contribution in [3.63, 3.8) is 0 Å². The molecule has 2 aromatic heterocycles. The molecule has 14 nitrogen and oxygen atoms in total. The molecule has 1 saturated heterocycles. The second-order valence-corrected chi connectivity index (χ2v) is 15.4. The Morgan fingerprint density at radius 2 is 1.67 bits per heavy atom. The average Bonchev–Trinajstić information content (AvgIpc) is 3.85. The molecule has 0 atom stereocenters. The standard InChI is InChI=1S/C34H38F3N9O5S/c1-4-27-29(43-15-17-44(18-16-43)30(48)23-7-5-6-8-26(23)41-52(50,51)20-9-10-20)31(49)46-33(39-32(40-46)42(2)3)45(27)19-28(47)38-25-14-13-24(34(35,36)37)21-11-12-22(21)25/h5-8,13-14,20,41H,4,9-12,15-19H2,1-3H3,(H,38,47). The van der Waals surface area contributed by atoms with Crippen LogP contribution in [0.25, 0.3) is 5.78 Å². The molecule has 276 valence electrons. The average molecular weight is 742 g/mol. The minimum Gasteiger partial charge on any atom is -0.362 e. The van der Waals surface area contributed by atoms with E-state index in [0.717, 1.165) is 10.6 Å². The van der Waals surface area contributed by atoms with Gasteiger partial charge >= 0.3 is 6.18 Å². The molecular weight excluding hydrogens is 703 g/mol. The van der Waals surface area contributed by atoms with Crippen LogP contribution in [0.15, 0.2) is 41.2 Å². The van der Waals surface area contributed by atoms with Gasteiger partial charge in [-0.05, 0) is 67.5 Å². The predicted molar refractivity (Wildman–Crippen MR) is 189 cm³/mol. The number of halogens is 3. The van der Waals surface area contributed by atoms with Gasteiger partial charge in [-0.25, -0.2) is 8.42 Å². The molecule has 2 aromatic carbocycles. The number of benzene rings is 2. The minimum absolute atomic E-state index is 0.129. The van der Waals surface area contributed by atoms with E-state index in [2.05, 4.69) is 20.1 Å². The van der Waals surface area contributed by atoms with Crippen molar-refractivity contribution in [3.8, 4) is 0 Å². The Labute approximate surface area is 297 Å². The van der Waals surface area contributed by atoms with E-state index in [-0.39, 0.29) is 73.6 Å². The highest BCUT2D eigenvalue weighted by atomic mass is 32.2. The van der Waals surface area contributed by atoms with Gasteiger partial charge < -0.3 is 24.6 Å². The number of anilines is 4. The quantitative estimate of drug-likeness (QED) is 0.250. The van der Waals surface area contributed by atoms with Gasteiger partial charge in [0.25, 0.3) is 11.5 Å². The zero-order valence-corrected chi connectivity index (χ0v) is 29.6. The molecule has 1 saturated carbocycles. The Morgan fingerprint density at radius 1 is 0.981 bits per heavy atom. The van der Waals surface area contributed by atoms with Gasteiger partial charge in [0.1, 0.15) is 12.2 Å². The van der Waals surface area contributed by atoms with Crippen LogP contribution in [-0.2, 0) is 46.8 Å². The number of hydrogen-bond acceptors (Lipinski definition) is 9. The Kier molecular flexibility index (Phi) is 8.91. The molecule has 2 N–H and O–H groups in total. The van der Waals surface area contributed by atoms with Crippen LogP contribution in [0.4, 0.5) is 36.2 Å². The zero-order chi connectivity index (χ0) is 37.1. The van der Waals surface area contributed by atoms with E-state index in [1.54, 1.807) is 52.7 Å². The summed E-state index contributed by atoms with van der Waals surface area (Å²) in [5, 5.41) is 6.73. The van der Waals surface area contributed by atoms with Gasteiger partial charge in [0, 0.05) is 46.0 Å². The lowest BCUT2D eigenvalue weighted by atomic mass is 9.83. The first-order valence-corrected chi connectivity index (χ1v) is 18.6. The van der Waals surface area contributed by atoms with Crippen LogP contribution in [-0.4, -0.2) is 89.8 Å². The molecule has 0 spiro atoms. The second kappa shape index (κ2) is 13.1. The summed E-state index contributed by atoms with van der Waals surface area (Å²) in [6.07, 6.45) is -2.32. The molecule has 7 rings (SSSR count). The third-order valence-electron chi connectivity index (χ3n) is 9.74. The normalized spacial score (nSPS) is 16.0. The molecule has 3 aliphatic rings. The van der Waals surface area contributed by atoms with Crippen LogP contribution in [0.5, 0.6) is 0 Å². The van der Waals surface area contributed by atoms with Crippen LogP contribution < -0.4 is 25.4 Å². The predicted octanol–water partition coefficient (Wildman–Crippen LogP) is 3.14. The summed E-state index contributed by atoms with van der Waals surface area (Å²) < 4.78 is 71.2. The van der Waals surface area contributed by atoms with Gasteiger partial charge in [-0.3, -0.25) is 19.1 Å². The van der Waals surface area contributed by atoms with Crippen LogP contribution >= 0.6 is 0 Å². The van der Waals surface area contributed by atoms with E-state index < -0.39 is 38.5 Å². The van der Waals surface area contributed by atoms with Crippen molar-refractivity contribution in [2.45, 2.75) is 57.0 Å². The number of sulfonamides is 1. The highest BCUT2D eigenvalue weighted by molar-refractivity contribution is 7.93. The monoisotopic (exact) mass is 741 g/mol. The number of carbonyl (C=O) groups excluding carboxylic acids is 2. The summed E-state index contributed by atoms with van der Waals surface area (Å²) in [7, 11) is -0.169. The zero-order valence-electron chi connectivity index (χ0n) is 28.8. The van der Waals surface area contributed by atoms with E-state index >= 15 is 0 Å². The molecule has 0 bridgehead atoms. The number of fused-ring (bicyclic) bond motifs is 2. The maximum Gasteiger partial charge on any atom is 0.416 e. The number of aromatic nitrogens is 4. The van der Waals surface area contributed by atoms with Crippen molar-refractivity contribution in [2.75, 3.05) is 60.1 Å². The van der Waals surface area contributed by atoms with E-state index in [1.807, 2.05) is 11.8 Å². The first-order chi connectivity index (χ1) is 24.7. The van der Waals surface area contributed by atoms with Gasteiger partial charge in [-0.2, -0.15) is 22.7 Å². The van der Waals surface area contributed by atoms with E-state index in [4.69, 9.17) is 0 Å². The second-order valence-electron chi connectivity index (χ2n) is 13.4. The summed E-state index contributed by atoms with van der Waals surface area (Å²) in [6, 6.07) is 8.73. The molecule has 2 amide bonds. The van der Waals surface area contributed by atoms with Gasteiger partial charge in [0.2, 0.25) is 27.7 Å². The third-order valence-corrected chi connectivity index (χ3v) is 11.6. The molecular formula is C34H38F3N9O5S. The largest absolute Gasteiger partial charge is 0.416 e. The fourth-order valence-corrected chi connectivity index (χ4v) is 8.25. The number of piperazine rings is 1. The molecule has 0 unspecified atom stereocenters. The van der Waals surface area contributed by atoms with Crippen LogP contribution in [0.3, 0.4) is 0 Å². The summed E-state index contributed by atoms with van der Waals surface area (Å²) in [4.78, 5) is 51.0. The Bertz CT molecular complexity index is 2260. The van der Waals surface area contributed by atoms with E-state index in [1.165, 1.54) is 6.07 Å². The molecule has 2 fully saturated rings. The van der Waals surface area contributed by atoms with Crippen LogP contribution in [0.2, 0.25) is 0 Å². The minimum atomic E-state index is -4.49. The van der Waals surface area contributed by atoms with Gasteiger partial charge in [-0.15, -0.1) is 5.10 Å². The number of amides is 2. The third kappa shape index (κ3) is 6.43. The van der Waals surface area contributed by atoms with Crippen molar-refractivity contribution >= 4 is 50.6 Å². The lowest BCUT2D eigenvalue weighted by molar-refractivity contribution is -0.138. The fourth-order valence-electron chi connectivity index (χ4n) is 6.84. The first kappa shape index (κ1) is 35.3. The number of carbonyl (C=O) groups is 2. The fraction of sp³-hybridized carbons (Fsp3) is 0.441. The number of rotatable bonds is 10. The van der Waals surface area contributed by atoms with Gasteiger partial charge in [-0.1, -0.05) is 19.1 Å². The molecule has 3 heterocycles. The maximum absolute atomic E-state index is 14.1. The van der Waals surface area contributed by atoms with Crippen molar-refractivity contribution in [1.29, 1.82) is 0 Å². The van der Waals surface area contributed by atoms with Crippen molar-refractivity contribution in [2.24, 2.45) is 0 Å². The van der Waals surface area contributed by atoms with Crippen molar-refractivity contribution < 1.29 is 31.2 Å². The van der Waals surface area contributed by atoms with Gasteiger partial charge in [0.15, 0.2) is 0 Å². The lowest BCUT2D eigenvalue weighted by Crippen LogP contribution is -2.51. The molecule has 52 heavy (non-hydrogen) atoms. The van der Waals surface area contributed by atoms with E-state index in [9.17, 15) is 36.0 Å². The highest BCUT2D eigenvalue weighted by Gasteiger charge is 2.38. The molecule has 18 heteroatoms. The Morgan fingerprint density at radius 3 is 2.29 bits per heavy atom. The summed E-state index contributed by atoms with van der Waals surface area (Å²) in [6.45, 7) is 2.51. The molecule has 0 radical (unpaired) electrons. The summed E-state index contributed by atoms with van der Waals surface area (Å²) in [5.74, 6) is -0.495. The maximum atomic E-state index is 14.1. The summed E-state index contributed by atoms with van der Waals surface area (Å²) >= 11 is 0.